The van der Waals surface area contributed by atoms with Crippen molar-refractivity contribution in [2.45, 2.75) is 52.1 Å². The van der Waals surface area contributed by atoms with Crippen molar-refractivity contribution < 1.29 is 9.53 Å². The summed E-state index contributed by atoms with van der Waals surface area (Å²) in [5.74, 6) is 0.206. The van der Waals surface area contributed by atoms with E-state index in [-0.39, 0.29) is 5.78 Å². The van der Waals surface area contributed by atoms with Crippen LogP contribution in [0.25, 0.3) is 0 Å². The summed E-state index contributed by atoms with van der Waals surface area (Å²) in [6.07, 6.45) is 3.89. The van der Waals surface area contributed by atoms with Gasteiger partial charge in [0.15, 0.2) is 5.78 Å². The first-order valence-corrected chi connectivity index (χ1v) is 6.52. The van der Waals surface area contributed by atoms with Crippen LogP contribution in [0.4, 0.5) is 0 Å². The average molecular weight is 227 g/mol. The molecule has 1 heterocycles. The maximum Gasteiger partial charge on any atom is 0.161 e. The number of ketones is 1. The lowest BCUT2D eigenvalue weighted by molar-refractivity contribution is -0.149. The molecule has 0 aromatic heterocycles. The fraction of sp³-hybridized carbons (Fsp3) is 0.923. The van der Waals surface area contributed by atoms with Crippen LogP contribution in [-0.2, 0) is 9.53 Å². The molecule has 0 aromatic rings. The highest BCUT2D eigenvalue weighted by atomic mass is 16.5. The van der Waals surface area contributed by atoms with Crippen molar-refractivity contribution in [3.05, 3.63) is 0 Å². The smallest absolute Gasteiger partial charge is 0.161 e. The van der Waals surface area contributed by atoms with Gasteiger partial charge in [-0.15, -0.1) is 0 Å². The van der Waals surface area contributed by atoms with Gasteiger partial charge in [0.2, 0.25) is 0 Å². The molecule has 1 aliphatic rings. The predicted molar refractivity (Wildman–Crippen MR) is 65.6 cm³/mol. The Morgan fingerprint density at radius 3 is 2.31 bits per heavy atom. The lowest BCUT2D eigenvalue weighted by atomic mass is 9.87. The van der Waals surface area contributed by atoms with Crippen LogP contribution in [0.1, 0.15) is 46.5 Å². The fourth-order valence-corrected chi connectivity index (χ4v) is 2.35. The number of carbonyl (C=O) groups is 1. The van der Waals surface area contributed by atoms with E-state index in [0.29, 0.717) is 6.61 Å². The summed E-state index contributed by atoms with van der Waals surface area (Å²) in [4.78, 5) is 14.2. The van der Waals surface area contributed by atoms with Crippen molar-refractivity contribution >= 4 is 5.78 Å². The van der Waals surface area contributed by atoms with Gasteiger partial charge in [-0.2, -0.15) is 0 Å². The highest BCUT2D eigenvalue weighted by molar-refractivity contribution is 5.85. The molecule has 0 saturated carbocycles. The van der Waals surface area contributed by atoms with Crippen LogP contribution in [0.2, 0.25) is 0 Å². The number of piperidine rings is 1. The third-order valence-corrected chi connectivity index (χ3v) is 3.43. The van der Waals surface area contributed by atoms with E-state index in [1.807, 2.05) is 0 Å². The summed E-state index contributed by atoms with van der Waals surface area (Å²) in [5.41, 5.74) is -0.472. The van der Waals surface area contributed by atoms with Crippen LogP contribution < -0.4 is 0 Å². The van der Waals surface area contributed by atoms with Gasteiger partial charge in [-0.1, -0.05) is 13.8 Å². The molecular weight excluding hydrogens is 202 g/mol. The van der Waals surface area contributed by atoms with E-state index >= 15 is 0 Å². The van der Waals surface area contributed by atoms with E-state index in [2.05, 4.69) is 18.7 Å². The van der Waals surface area contributed by atoms with Crippen molar-refractivity contribution in [3.8, 4) is 0 Å². The molecule has 0 unspecified atom stereocenters. The van der Waals surface area contributed by atoms with Crippen LogP contribution in [0.15, 0.2) is 0 Å². The van der Waals surface area contributed by atoms with E-state index < -0.39 is 5.60 Å². The van der Waals surface area contributed by atoms with Gasteiger partial charge in [-0.25, -0.2) is 0 Å². The van der Waals surface area contributed by atoms with Crippen molar-refractivity contribution in [1.82, 2.24) is 4.90 Å². The first kappa shape index (κ1) is 13.7. The Morgan fingerprint density at radius 2 is 1.88 bits per heavy atom. The number of ether oxygens (including phenoxy) is 1. The molecule has 3 heteroatoms. The van der Waals surface area contributed by atoms with Gasteiger partial charge in [0.05, 0.1) is 0 Å². The molecule has 1 rings (SSSR count). The minimum atomic E-state index is -0.472. The fourth-order valence-electron chi connectivity index (χ4n) is 2.35. The lowest BCUT2D eigenvalue weighted by Crippen LogP contribution is -2.50. The molecule has 0 bridgehead atoms. The summed E-state index contributed by atoms with van der Waals surface area (Å²) in [6.45, 7) is 9.79. The summed E-state index contributed by atoms with van der Waals surface area (Å²) in [6, 6.07) is 0. The monoisotopic (exact) mass is 227 g/mol. The maximum absolute atomic E-state index is 11.7. The number of hydrogen-bond acceptors (Lipinski definition) is 3. The van der Waals surface area contributed by atoms with Crippen molar-refractivity contribution in [1.29, 1.82) is 0 Å². The van der Waals surface area contributed by atoms with Gasteiger partial charge >= 0.3 is 0 Å². The standard InChI is InChI=1S/C13H25NO2/c1-4-8-14-9-6-13(7-10-14,12(3)15)16-11-5-2/h4-11H2,1-3H3. The Balaban J connectivity index is 2.52. The second-order valence-corrected chi connectivity index (χ2v) is 4.74. The van der Waals surface area contributed by atoms with Crippen LogP contribution in [-0.4, -0.2) is 42.5 Å². The maximum atomic E-state index is 11.7. The molecule has 0 spiro atoms. The minimum absolute atomic E-state index is 0.206. The number of rotatable bonds is 6. The van der Waals surface area contributed by atoms with Crippen LogP contribution in [0, 0.1) is 0 Å². The third-order valence-electron chi connectivity index (χ3n) is 3.43. The summed E-state index contributed by atoms with van der Waals surface area (Å²) in [7, 11) is 0. The first-order chi connectivity index (χ1) is 7.64. The molecule has 3 nitrogen and oxygen atoms in total. The predicted octanol–water partition coefficient (Wildman–Crippen LogP) is 2.25. The highest BCUT2D eigenvalue weighted by Crippen LogP contribution is 2.27. The van der Waals surface area contributed by atoms with E-state index in [1.54, 1.807) is 6.92 Å². The van der Waals surface area contributed by atoms with Crippen molar-refractivity contribution in [3.63, 3.8) is 0 Å². The summed E-state index contributed by atoms with van der Waals surface area (Å²) in [5, 5.41) is 0. The zero-order valence-corrected chi connectivity index (χ0v) is 10.9. The number of nitrogens with zero attached hydrogens (tertiary/aromatic N) is 1. The molecule has 0 amide bonds. The Kier molecular flexibility index (Phi) is 5.42. The number of likely N-dealkylation sites (tertiary alicyclic amines) is 1. The van der Waals surface area contributed by atoms with E-state index in [1.165, 1.54) is 6.42 Å². The number of hydrogen-bond donors (Lipinski definition) is 0. The SMILES string of the molecule is CCCOC1(C(C)=O)CCN(CCC)CC1. The molecule has 0 N–H and O–H groups in total. The summed E-state index contributed by atoms with van der Waals surface area (Å²) >= 11 is 0. The van der Waals surface area contributed by atoms with E-state index in [4.69, 9.17) is 4.74 Å². The first-order valence-electron chi connectivity index (χ1n) is 6.52. The molecule has 94 valence electrons. The lowest BCUT2D eigenvalue weighted by Gasteiger charge is -2.40. The molecule has 0 radical (unpaired) electrons. The van der Waals surface area contributed by atoms with Gasteiger partial charge in [0.25, 0.3) is 0 Å². The Morgan fingerprint density at radius 1 is 1.25 bits per heavy atom. The summed E-state index contributed by atoms with van der Waals surface area (Å²) < 4.78 is 5.83. The van der Waals surface area contributed by atoms with E-state index in [9.17, 15) is 4.79 Å². The van der Waals surface area contributed by atoms with Crippen molar-refractivity contribution in [2.75, 3.05) is 26.2 Å². The van der Waals surface area contributed by atoms with Gasteiger partial charge in [0.1, 0.15) is 5.60 Å². The van der Waals surface area contributed by atoms with Gasteiger partial charge in [0, 0.05) is 19.7 Å². The highest BCUT2D eigenvalue weighted by Gasteiger charge is 2.39. The number of Topliss-reactive ketones (excluding diaryl/α,β-unsaturated/α-hetero) is 1. The normalized spacial score (nSPS) is 20.9. The topological polar surface area (TPSA) is 29.5 Å². The Labute approximate surface area is 99.1 Å². The number of carbonyl (C=O) groups excluding carboxylic acids is 1. The molecule has 1 fully saturated rings. The molecule has 0 aromatic carbocycles. The molecule has 0 aliphatic carbocycles. The van der Waals surface area contributed by atoms with Gasteiger partial charge < -0.3 is 9.64 Å². The van der Waals surface area contributed by atoms with Crippen molar-refractivity contribution in [2.24, 2.45) is 0 Å². The van der Waals surface area contributed by atoms with Crippen LogP contribution in [0.3, 0.4) is 0 Å². The Bertz CT molecular complexity index is 220. The second kappa shape index (κ2) is 6.36. The zero-order valence-electron chi connectivity index (χ0n) is 10.9. The van der Waals surface area contributed by atoms with Crippen LogP contribution in [0.5, 0.6) is 0 Å². The second-order valence-electron chi connectivity index (χ2n) is 4.74. The molecular formula is C13H25NO2. The van der Waals surface area contributed by atoms with Crippen LogP contribution >= 0.6 is 0 Å². The van der Waals surface area contributed by atoms with Gasteiger partial charge in [-0.3, -0.25) is 4.79 Å². The Hall–Kier alpha value is -0.410. The molecule has 16 heavy (non-hydrogen) atoms. The van der Waals surface area contributed by atoms with E-state index in [0.717, 1.165) is 38.9 Å². The average Bonchev–Trinajstić information content (AvgIpc) is 2.28. The molecule has 1 aliphatic heterocycles. The molecule has 0 atom stereocenters. The minimum Gasteiger partial charge on any atom is -0.367 e. The molecule has 1 saturated heterocycles. The quantitative estimate of drug-likeness (QED) is 0.697. The largest absolute Gasteiger partial charge is 0.367 e. The van der Waals surface area contributed by atoms with Gasteiger partial charge in [-0.05, 0) is 39.2 Å². The zero-order chi connectivity index (χ0) is 12.0. The third kappa shape index (κ3) is 3.29.